The van der Waals surface area contributed by atoms with Crippen molar-refractivity contribution >= 4 is 48.6 Å². The molecule has 1 aliphatic rings. The third-order valence-corrected chi connectivity index (χ3v) is 14.1. The summed E-state index contributed by atoms with van der Waals surface area (Å²) in [7, 11) is 0. The highest BCUT2D eigenvalue weighted by Crippen LogP contribution is 2.56. The van der Waals surface area contributed by atoms with Crippen LogP contribution in [-0.4, -0.2) is 0 Å². The second-order valence-corrected chi connectivity index (χ2v) is 17.5. The highest BCUT2D eigenvalue weighted by atomic mass is 32.1. The van der Waals surface area contributed by atoms with Crippen molar-refractivity contribution in [3.8, 4) is 44.5 Å². The molecule has 0 amide bonds. The topological polar surface area (TPSA) is 3.24 Å². The number of fused-ring (bicyclic) bond motifs is 6. The summed E-state index contributed by atoms with van der Waals surface area (Å²) in [5.41, 5.74) is 17.8. The first-order valence-corrected chi connectivity index (χ1v) is 22.5. The van der Waals surface area contributed by atoms with Gasteiger partial charge in [0.05, 0.1) is 5.41 Å². The van der Waals surface area contributed by atoms with Crippen LogP contribution in [0, 0.1) is 0 Å². The Morgan fingerprint density at radius 3 is 1.33 bits per heavy atom. The minimum atomic E-state index is -0.453. The average Bonchev–Trinajstić information content (AvgIpc) is 3.89. The Balaban J connectivity index is 0.962. The second kappa shape index (κ2) is 15.3. The van der Waals surface area contributed by atoms with Crippen molar-refractivity contribution < 1.29 is 0 Å². The minimum absolute atomic E-state index is 0.453. The molecule has 1 heterocycles. The average molecular weight is 820 g/mol. The summed E-state index contributed by atoms with van der Waals surface area (Å²) < 4.78 is 2.64. The molecular formula is C61H41NS. The molecule has 0 atom stereocenters. The monoisotopic (exact) mass is 819 g/mol. The predicted octanol–water partition coefficient (Wildman–Crippen LogP) is 16.9. The maximum atomic E-state index is 2.39. The Morgan fingerprint density at radius 2 is 0.714 bits per heavy atom. The number of rotatable bonds is 8. The molecule has 0 spiro atoms. The maximum absolute atomic E-state index is 2.39. The lowest BCUT2D eigenvalue weighted by atomic mass is 9.68. The van der Waals surface area contributed by atoms with Gasteiger partial charge in [0.15, 0.2) is 0 Å². The number of anilines is 3. The minimum Gasteiger partial charge on any atom is -0.311 e. The molecule has 0 saturated carbocycles. The highest BCUT2D eigenvalue weighted by molar-refractivity contribution is 7.25. The molecule has 296 valence electrons. The first-order valence-electron chi connectivity index (χ1n) is 21.7. The van der Waals surface area contributed by atoms with Crippen molar-refractivity contribution in [3.63, 3.8) is 0 Å². The van der Waals surface area contributed by atoms with E-state index in [1.165, 1.54) is 86.9 Å². The summed E-state index contributed by atoms with van der Waals surface area (Å²) in [5, 5.41) is 2.64. The van der Waals surface area contributed by atoms with Crippen LogP contribution >= 0.6 is 11.3 Å². The SMILES string of the molecule is c1ccc(-c2cccc(-c3ccc(N(c4ccc(-c5ccc6c(c5)sc5ccccc56)cc4)c4ccc(C5(c6ccccc6)c6ccccc6-c6ccccc65)cc4)cc3)c2)cc1. The fourth-order valence-corrected chi connectivity index (χ4v) is 11.2. The van der Waals surface area contributed by atoms with Gasteiger partial charge >= 0.3 is 0 Å². The van der Waals surface area contributed by atoms with E-state index in [0.29, 0.717) is 0 Å². The summed E-state index contributed by atoms with van der Waals surface area (Å²) in [4.78, 5) is 2.39. The first kappa shape index (κ1) is 37.0. The van der Waals surface area contributed by atoms with Gasteiger partial charge in [-0.2, -0.15) is 0 Å². The fourth-order valence-electron chi connectivity index (χ4n) is 10.0. The third kappa shape index (κ3) is 6.22. The van der Waals surface area contributed by atoms with Gasteiger partial charge in [-0.05, 0) is 121 Å². The molecule has 63 heavy (non-hydrogen) atoms. The Kier molecular flexibility index (Phi) is 8.98. The van der Waals surface area contributed by atoms with Crippen molar-refractivity contribution in [2.45, 2.75) is 5.41 Å². The van der Waals surface area contributed by atoms with Crippen LogP contribution in [0.4, 0.5) is 17.1 Å². The molecule has 0 aliphatic heterocycles. The Morgan fingerprint density at radius 1 is 0.286 bits per heavy atom. The lowest BCUT2D eigenvalue weighted by Gasteiger charge is -2.34. The quantitative estimate of drug-likeness (QED) is 0.148. The number of nitrogens with zero attached hydrogens (tertiary/aromatic N) is 1. The van der Waals surface area contributed by atoms with Crippen LogP contribution in [0.3, 0.4) is 0 Å². The van der Waals surface area contributed by atoms with Gasteiger partial charge in [0.25, 0.3) is 0 Å². The molecule has 0 saturated heterocycles. The Bertz CT molecular complexity index is 3370. The van der Waals surface area contributed by atoms with Crippen LogP contribution in [0.15, 0.2) is 249 Å². The van der Waals surface area contributed by atoms with Gasteiger partial charge in [-0.3, -0.25) is 0 Å². The molecule has 0 unspecified atom stereocenters. The maximum Gasteiger partial charge on any atom is 0.0713 e. The molecule has 11 aromatic rings. The third-order valence-electron chi connectivity index (χ3n) is 13.0. The van der Waals surface area contributed by atoms with Gasteiger partial charge in [0, 0.05) is 37.2 Å². The molecule has 0 N–H and O–H groups in total. The van der Waals surface area contributed by atoms with E-state index in [9.17, 15) is 0 Å². The normalized spacial score (nSPS) is 12.6. The zero-order valence-electron chi connectivity index (χ0n) is 34.5. The summed E-state index contributed by atoms with van der Waals surface area (Å²) in [6.07, 6.45) is 0. The molecule has 0 bridgehead atoms. The number of hydrogen-bond donors (Lipinski definition) is 0. The van der Waals surface area contributed by atoms with E-state index in [-0.39, 0.29) is 0 Å². The Hall–Kier alpha value is -7.78. The standard InChI is InChI=1S/C61H41NS/c1-3-14-42(15-4-1)45-16-13-17-46(40-45)43-26-33-50(34-27-43)62(51-35-28-44(29-36-51)47-30-39-56-55-22-9-12-25-59(55)63-60(56)41-47)52-37-31-49(32-38-52)61(48-18-5-2-6-19-48)57-23-10-7-20-53(57)54-21-8-11-24-58(54)61/h1-41H. The molecular weight excluding hydrogens is 779 g/mol. The van der Waals surface area contributed by atoms with E-state index in [1.807, 2.05) is 11.3 Å². The largest absolute Gasteiger partial charge is 0.311 e. The zero-order chi connectivity index (χ0) is 41.7. The highest BCUT2D eigenvalue weighted by Gasteiger charge is 2.45. The predicted molar refractivity (Wildman–Crippen MR) is 268 cm³/mol. The van der Waals surface area contributed by atoms with Gasteiger partial charge in [0.1, 0.15) is 0 Å². The smallest absolute Gasteiger partial charge is 0.0713 e. The summed E-state index contributed by atoms with van der Waals surface area (Å²) in [5.74, 6) is 0. The van der Waals surface area contributed by atoms with Crippen LogP contribution in [0.1, 0.15) is 22.3 Å². The molecule has 0 radical (unpaired) electrons. The van der Waals surface area contributed by atoms with Crippen molar-refractivity contribution in [3.05, 3.63) is 271 Å². The van der Waals surface area contributed by atoms with Crippen molar-refractivity contribution in [2.75, 3.05) is 4.90 Å². The van der Waals surface area contributed by atoms with Gasteiger partial charge in [-0.25, -0.2) is 0 Å². The van der Waals surface area contributed by atoms with E-state index in [2.05, 4.69) is 254 Å². The fraction of sp³-hybridized carbons (Fsp3) is 0.0164. The molecule has 2 heteroatoms. The van der Waals surface area contributed by atoms with Gasteiger partial charge in [0.2, 0.25) is 0 Å². The number of hydrogen-bond acceptors (Lipinski definition) is 2. The molecule has 1 aliphatic carbocycles. The van der Waals surface area contributed by atoms with Crippen LogP contribution in [0.2, 0.25) is 0 Å². The zero-order valence-corrected chi connectivity index (χ0v) is 35.3. The van der Waals surface area contributed by atoms with E-state index < -0.39 is 5.41 Å². The van der Waals surface area contributed by atoms with E-state index in [0.717, 1.165) is 17.1 Å². The number of thiophene rings is 1. The van der Waals surface area contributed by atoms with Crippen LogP contribution in [-0.2, 0) is 5.41 Å². The molecule has 10 aromatic carbocycles. The van der Waals surface area contributed by atoms with Crippen molar-refractivity contribution in [1.29, 1.82) is 0 Å². The van der Waals surface area contributed by atoms with Crippen LogP contribution in [0.5, 0.6) is 0 Å². The molecule has 1 nitrogen and oxygen atoms in total. The molecule has 1 aromatic heterocycles. The van der Waals surface area contributed by atoms with Crippen LogP contribution in [0.25, 0.3) is 64.7 Å². The number of benzene rings is 10. The van der Waals surface area contributed by atoms with E-state index in [1.54, 1.807) is 0 Å². The van der Waals surface area contributed by atoms with Crippen LogP contribution < -0.4 is 4.90 Å². The van der Waals surface area contributed by atoms with Crippen molar-refractivity contribution in [2.24, 2.45) is 0 Å². The van der Waals surface area contributed by atoms with Gasteiger partial charge in [-0.15, -0.1) is 11.3 Å². The van der Waals surface area contributed by atoms with E-state index >= 15 is 0 Å². The molecule has 0 fully saturated rings. The lowest BCUT2D eigenvalue weighted by molar-refractivity contribution is 0.768. The molecule has 12 rings (SSSR count). The lowest BCUT2D eigenvalue weighted by Crippen LogP contribution is -2.28. The summed E-state index contributed by atoms with van der Waals surface area (Å²) in [6.45, 7) is 0. The van der Waals surface area contributed by atoms with E-state index in [4.69, 9.17) is 0 Å². The van der Waals surface area contributed by atoms with Gasteiger partial charge < -0.3 is 4.90 Å². The summed E-state index contributed by atoms with van der Waals surface area (Å²) in [6, 6.07) is 91.4. The second-order valence-electron chi connectivity index (χ2n) is 16.4. The van der Waals surface area contributed by atoms with Crippen molar-refractivity contribution in [1.82, 2.24) is 0 Å². The first-order chi connectivity index (χ1) is 31.2. The van der Waals surface area contributed by atoms with Gasteiger partial charge in [-0.1, -0.05) is 194 Å². The Labute approximate surface area is 372 Å². The summed E-state index contributed by atoms with van der Waals surface area (Å²) >= 11 is 1.86.